The lowest BCUT2D eigenvalue weighted by molar-refractivity contribution is -0.121. The number of hydrogen-bond donors (Lipinski definition) is 1. The topological polar surface area (TPSA) is 85.5 Å². The van der Waals surface area contributed by atoms with Gasteiger partial charge in [0.2, 0.25) is 0 Å². The van der Waals surface area contributed by atoms with Crippen molar-refractivity contribution in [2.75, 3.05) is 23.8 Å². The van der Waals surface area contributed by atoms with Crippen molar-refractivity contribution in [3.05, 3.63) is 53.1 Å². The summed E-state index contributed by atoms with van der Waals surface area (Å²) < 4.78 is 6.10. The number of thiazole rings is 1. The summed E-state index contributed by atoms with van der Waals surface area (Å²) in [4.78, 5) is 30.6. The summed E-state index contributed by atoms with van der Waals surface area (Å²) in [5, 5.41) is 0.826. The number of likely N-dealkylation sites (N-methyl/N-ethyl adjacent to an activating group) is 1. The van der Waals surface area contributed by atoms with E-state index < -0.39 is 12.6 Å². The molecule has 2 aromatic carbocycles. The van der Waals surface area contributed by atoms with E-state index in [1.807, 2.05) is 31.2 Å². The zero-order chi connectivity index (χ0) is 18.7. The Balaban J connectivity index is 1.71. The average Bonchev–Trinajstić information content (AvgIpc) is 3.06. The number of ether oxygens (including phenoxy) is 1. The van der Waals surface area contributed by atoms with Crippen LogP contribution < -0.4 is 10.6 Å². The lowest BCUT2D eigenvalue weighted by Crippen LogP contribution is -2.34. The van der Waals surface area contributed by atoms with Crippen molar-refractivity contribution >= 4 is 55.8 Å². The molecule has 0 spiro atoms. The number of aromatic nitrogens is 1. The second-order valence-electron chi connectivity index (χ2n) is 5.38. The summed E-state index contributed by atoms with van der Waals surface area (Å²) in [6, 6.07) is 12.3. The first-order valence-corrected chi connectivity index (χ1v) is 9.07. The number of rotatable bonds is 5. The molecule has 0 aliphatic rings. The van der Waals surface area contributed by atoms with Crippen LogP contribution in [-0.2, 0) is 9.53 Å². The molecule has 0 aliphatic carbocycles. The highest BCUT2D eigenvalue weighted by Crippen LogP contribution is 2.28. The number of carbonyl (C=O) groups excluding carboxylic acids is 2. The summed E-state index contributed by atoms with van der Waals surface area (Å²) in [5.41, 5.74) is 6.86. The second kappa shape index (κ2) is 7.72. The molecule has 1 amide bonds. The minimum Gasteiger partial charge on any atom is -0.452 e. The molecular formula is C18H16ClN3O3S. The predicted octanol–water partition coefficient (Wildman–Crippen LogP) is 3.74. The number of anilines is 2. The van der Waals surface area contributed by atoms with Gasteiger partial charge in [0.25, 0.3) is 5.91 Å². The molecule has 2 N–H and O–H groups in total. The average molecular weight is 390 g/mol. The lowest BCUT2D eigenvalue weighted by atomic mass is 10.2. The van der Waals surface area contributed by atoms with Gasteiger partial charge >= 0.3 is 5.97 Å². The quantitative estimate of drug-likeness (QED) is 0.530. The fraction of sp³-hybridized carbons (Fsp3) is 0.167. The van der Waals surface area contributed by atoms with Crippen LogP contribution in [0.2, 0.25) is 5.02 Å². The van der Waals surface area contributed by atoms with E-state index in [1.165, 1.54) is 22.3 Å². The molecule has 0 aliphatic heterocycles. The third kappa shape index (κ3) is 3.63. The SMILES string of the molecule is CCN(C(=O)COC(=O)c1cccc(Cl)c1N)c1nc2ccccc2s1. The number of amides is 1. The number of nitrogens with zero attached hydrogens (tertiary/aromatic N) is 2. The van der Waals surface area contributed by atoms with Crippen molar-refractivity contribution in [2.45, 2.75) is 6.92 Å². The normalized spacial score (nSPS) is 10.7. The maximum atomic E-state index is 12.5. The van der Waals surface area contributed by atoms with Gasteiger partial charge in [-0.3, -0.25) is 9.69 Å². The zero-order valence-electron chi connectivity index (χ0n) is 13.9. The van der Waals surface area contributed by atoms with E-state index in [9.17, 15) is 9.59 Å². The number of carbonyl (C=O) groups is 2. The Bertz CT molecular complexity index is 940. The van der Waals surface area contributed by atoms with Gasteiger partial charge in [0.05, 0.1) is 26.5 Å². The highest BCUT2D eigenvalue weighted by atomic mass is 35.5. The molecule has 134 valence electrons. The van der Waals surface area contributed by atoms with Crippen LogP contribution in [-0.4, -0.2) is 30.0 Å². The van der Waals surface area contributed by atoms with Crippen molar-refractivity contribution in [3.8, 4) is 0 Å². The van der Waals surface area contributed by atoms with Gasteiger partial charge in [-0.25, -0.2) is 9.78 Å². The molecule has 1 heterocycles. The van der Waals surface area contributed by atoms with Gasteiger partial charge in [-0.1, -0.05) is 41.1 Å². The van der Waals surface area contributed by atoms with E-state index in [0.717, 1.165) is 10.2 Å². The fourth-order valence-electron chi connectivity index (χ4n) is 2.39. The second-order valence-corrected chi connectivity index (χ2v) is 6.80. The highest BCUT2D eigenvalue weighted by molar-refractivity contribution is 7.22. The van der Waals surface area contributed by atoms with Gasteiger partial charge in [-0.15, -0.1) is 0 Å². The van der Waals surface area contributed by atoms with Crippen LogP contribution in [0.15, 0.2) is 42.5 Å². The Morgan fingerprint density at radius 2 is 2.00 bits per heavy atom. The number of nitrogen functional groups attached to an aromatic ring is 1. The minimum absolute atomic E-state index is 0.130. The van der Waals surface area contributed by atoms with Crippen LogP contribution in [0.25, 0.3) is 10.2 Å². The smallest absolute Gasteiger partial charge is 0.340 e. The van der Waals surface area contributed by atoms with Gasteiger partial charge < -0.3 is 10.5 Å². The van der Waals surface area contributed by atoms with E-state index in [0.29, 0.717) is 11.7 Å². The standard InChI is InChI=1S/C18H16ClN3O3S/c1-2-22(18-21-13-8-3-4-9-14(13)26-18)15(23)10-25-17(24)11-6-5-7-12(19)16(11)20/h3-9H,2,10,20H2,1H3. The Labute approximate surface area is 159 Å². The van der Waals surface area contributed by atoms with Crippen LogP contribution in [0.1, 0.15) is 17.3 Å². The minimum atomic E-state index is -0.696. The van der Waals surface area contributed by atoms with Gasteiger partial charge in [-0.2, -0.15) is 0 Å². The van der Waals surface area contributed by atoms with Gasteiger partial charge in [0, 0.05) is 6.54 Å². The number of halogens is 1. The molecule has 1 aromatic heterocycles. The molecule has 0 saturated carbocycles. The van der Waals surface area contributed by atoms with Crippen molar-refractivity contribution in [1.82, 2.24) is 4.98 Å². The molecule has 0 unspecified atom stereocenters. The zero-order valence-corrected chi connectivity index (χ0v) is 15.5. The van der Waals surface area contributed by atoms with E-state index in [-0.39, 0.29) is 22.2 Å². The molecule has 8 heteroatoms. The maximum Gasteiger partial charge on any atom is 0.340 e. The Morgan fingerprint density at radius 3 is 2.73 bits per heavy atom. The van der Waals surface area contributed by atoms with Crippen LogP contribution in [0.4, 0.5) is 10.8 Å². The fourth-order valence-corrected chi connectivity index (χ4v) is 3.61. The summed E-state index contributed by atoms with van der Waals surface area (Å²) in [6.07, 6.45) is 0. The Morgan fingerprint density at radius 1 is 1.23 bits per heavy atom. The molecular weight excluding hydrogens is 374 g/mol. The van der Waals surface area contributed by atoms with Crippen LogP contribution >= 0.6 is 22.9 Å². The first-order valence-electron chi connectivity index (χ1n) is 7.88. The van der Waals surface area contributed by atoms with Crippen LogP contribution in [0.3, 0.4) is 0 Å². The molecule has 3 aromatic rings. The Kier molecular flexibility index (Phi) is 5.39. The summed E-state index contributed by atoms with van der Waals surface area (Å²) in [7, 11) is 0. The largest absolute Gasteiger partial charge is 0.452 e. The highest BCUT2D eigenvalue weighted by Gasteiger charge is 2.21. The van der Waals surface area contributed by atoms with Crippen molar-refractivity contribution in [1.29, 1.82) is 0 Å². The van der Waals surface area contributed by atoms with E-state index >= 15 is 0 Å². The van der Waals surface area contributed by atoms with Crippen molar-refractivity contribution in [2.24, 2.45) is 0 Å². The number of benzene rings is 2. The third-order valence-corrected chi connectivity index (χ3v) is 5.12. The van der Waals surface area contributed by atoms with Crippen LogP contribution in [0.5, 0.6) is 0 Å². The van der Waals surface area contributed by atoms with Gasteiger partial charge in [0.1, 0.15) is 0 Å². The van der Waals surface area contributed by atoms with Crippen molar-refractivity contribution in [3.63, 3.8) is 0 Å². The molecule has 0 radical (unpaired) electrons. The molecule has 0 bridgehead atoms. The number of hydrogen-bond acceptors (Lipinski definition) is 6. The van der Waals surface area contributed by atoms with Crippen LogP contribution in [0, 0.1) is 0 Å². The summed E-state index contributed by atoms with van der Waals surface area (Å²) in [6.45, 7) is 1.84. The number of nitrogens with two attached hydrogens (primary N) is 1. The van der Waals surface area contributed by atoms with E-state index in [4.69, 9.17) is 22.1 Å². The van der Waals surface area contributed by atoms with E-state index in [2.05, 4.69) is 4.98 Å². The number of para-hydroxylation sites is 2. The van der Waals surface area contributed by atoms with Crippen molar-refractivity contribution < 1.29 is 14.3 Å². The van der Waals surface area contributed by atoms with E-state index in [1.54, 1.807) is 12.1 Å². The molecule has 0 atom stereocenters. The summed E-state index contributed by atoms with van der Waals surface area (Å²) >= 11 is 7.31. The number of esters is 1. The maximum absolute atomic E-state index is 12.5. The molecule has 0 saturated heterocycles. The molecule has 3 rings (SSSR count). The monoisotopic (exact) mass is 389 g/mol. The summed E-state index contributed by atoms with van der Waals surface area (Å²) in [5.74, 6) is -1.06. The Hall–Kier alpha value is -2.64. The van der Waals surface area contributed by atoms with Gasteiger partial charge in [0.15, 0.2) is 11.7 Å². The molecule has 26 heavy (non-hydrogen) atoms. The third-order valence-electron chi connectivity index (χ3n) is 3.73. The first kappa shape index (κ1) is 18.2. The lowest BCUT2D eigenvalue weighted by Gasteiger charge is -2.17. The first-order chi connectivity index (χ1) is 12.5. The molecule has 6 nitrogen and oxygen atoms in total. The van der Waals surface area contributed by atoms with Gasteiger partial charge in [-0.05, 0) is 31.2 Å². The predicted molar refractivity (Wildman–Crippen MR) is 104 cm³/mol. The molecule has 0 fully saturated rings. The number of fused-ring (bicyclic) bond motifs is 1.